The Bertz CT molecular complexity index is 213. The van der Waals surface area contributed by atoms with E-state index in [0.717, 1.165) is 12.2 Å². The smallest absolute Gasteiger partial charge is 0.241 e. The topological polar surface area (TPSA) is 47.0 Å². The van der Waals surface area contributed by atoms with E-state index < -0.39 is 0 Å². The Morgan fingerprint density at radius 1 is 1.70 bits per heavy atom. The number of fused-ring (bicyclic) bond motifs is 1. The summed E-state index contributed by atoms with van der Waals surface area (Å²) in [5.74, 6) is 0.598. The number of rotatable bonds is 0. The quantitative estimate of drug-likeness (QED) is 0.548. The van der Waals surface area contributed by atoms with Crippen LogP contribution in [-0.2, 0) is 0 Å². The number of ether oxygens (including phenoxy) is 1. The van der Waals surface area contributed by atoms with E-state index in [1.54, 1.807) is 6.20 Å². The molecule has 1 aromatic heterocycles. The van der Waals surface area contributed by atoms with E-state index in [1.807, 2.05) is 0 Å². The van der Waals surface area contributed by atoms with Gasteiger partial charge in [-0.05, 0) is 0 Å². The first kappa shape index (κ1) is 5.46. The number of nitrogens with zero attached hydrogens (tertiary/aromatic N) is 2. The molecule has 0 saturated heterocycles. The molecule has 0 unspecified atom stereocenters. The van der Waals surface area contributed by atoms with Crippen molar-refractivity contribution in [3.8, 4) is 5.88 Å². The van der Waals surface area contributed by atoms with Gasteiger partial charge in [-0.15, -0.1) is 0 Å². The molecule has 51 valence electrons. The van der Waals surface area contributed by atoms with Gasteiger partial charge in [0.05, 0.1) is 6.20 Å². The minimum atomic E-state index is 0.598. The van der Waals surface area contributed by atoms with Crippen LogP contribution < -0.4 is 10.1 Å². The van der Waals surface area contributed by atoms with Gasteiger partial charge in [-0.1, -0.05) is 0 Å². The highest BCUT2D eigenvalue weighted by molar-refractivity contribution is 5.51. The minimum Gasteiger partial charge on any atom is -0.474 e. The number of nitrogens with one attached hydrogen (secondary N) is 1. The van der Waals surface area contributed by atoms with Gasteiger partial charge in [0.1, 0.15) is 12.3 Å². The average Bonchev–Trinajstić information content (AvgIpc) is 2.05. The fourth-order valence-electron chi connectivity index (χ4n) is 0.848. The summed E-state index contributed by atoms with van der Waals surface area (Å²) in [6, 6.07) is 0. The van der Waals surface area contributed by atoms with Crippen LogP contribution in [0, 0.1) is 6.33 Å². The van der Waals surface area contributed by atoms with Crippen LogP contribution in [0.1, 0.15) is 0 Å². The second kappa shape index (κ2) is 2.13. The summed E-state index contributed by atoms with van der Waals surface area (Å²) < 4.78 is 5.18. The van der Waals surface area contributed by atoms with Crippen molar-refractivity contribution in [2.45, 2.75) is 0 Å². The molecule has 1 aliphatic rings. The van der Waals surface area contributed by atoms with Crippen LogP contribution in [0.4, 0.5) is 5.69 Å². The van der Waals surface area contributed by atoms with Crippen molar-refractivity contribution in [1.82, 2.24) is 9.97 Å². The van der Waals surface area contributed by atoms with Gasteiger partial charge < -0.3 is 10.1 Å². The lowest BCUT2D eigenvalue weighted by molar-refractivity contribution is 0.309. The highest BCUT2D eigenvalue weighted by Crippen LogP contribution is 2.20. The Hall–Kier alpha value is -1.32. The van der Waals surface area contributed by atoms with Gasteiger partial charge in [0, 0.05) is 6.54 Å². The zero-order valence-corrected chi connectivity index (χ0v) is 5.29. The van der Waals surface area contributed by atoms with Crippen molar-refractivity contribution >= 4 is 5.69 Å². The van der Waals surface area contributed by atoms with E-state index in [1.165, 1.54) is 0 Å². The van der Waals surface area contributed by atoms with Crippen LogP contribution >= 0.6 is 0 Å². The summed E-state index contributed by atoms with van der Waals surface area (Å²) in [4.78, 5) is 7.52. The second-order valence-electron chi connectivity index (χ2n) is 1.96. The molecule has 4 heteroatoms. The number of aromatic nitrogens is 2. The van der Waals surface area contributed by atoms with E-state index in [9.17, 15) is 0 Å². The molecule has 10 heavy (non-hydrogen) atoms. The van der Waals surface area contributed by atoms with Crippen molar-refractivity contribution in [2.75, 3.05) is 18.5 Å². The molecule has 2 heterocycles. The Morgan fingerprint density at radius 2 is 2.70 bits per heavy atom. The van der Waals surface area contributed by atoms with Crippen molar-refractivity contribution in [3.63, 3.8) is 0 Å². The summed E-state index contributed by atoms with van der Waals surface area (Å²) >= 11 is 0. The van der Waals surface area contributed by atoms with E-state index in [2.05, 4.69) is 21.6 Å². The summed E-state index contributed by atoms with van der Waals surface area (Å²) in [5.41, 5.74) is 0.852. The second-order valence-corrected chi connectivity index (χ2v) is 1.96. The van der Waals surface area contributed by atoms with Gasteiger partial charge in [0.15, 0.2) is 0 Å². The molecule has 1 N–H and O–H groups in total. The molecule has 4 nitrogen and oxygen atoms in total. The van der Waals surface area contributed by atoms with E-state index >= 15 is 0 Å². The summed E-state index contributed by atoms with van der Waals surface area (Å²) in [5, 5.41) is 3.09. The maximum absolute atomic E-state index is 5.18. The molecule has 0 saturated carbocycles. The van der Waals surface area contributed by atoms with Gasteiger partial charge in [-0.3, -0.25) is 0 Å². The lowest BCUT2D eigenvalue weighted by atomic mass is 10.4. The van der Waals surface area contributed by atoms with Crippen molar-refractivity contribution < 1.29 is 4.74 Å². The van der Waals surface area contributed by atoms with Gasteiger partial charge in [0.25, 0.3) is 0 Å². The zero-order chi connectivity index (χ0) is 6.81. The van der Waals surface area contributed by atoms with E-state index in [4.69, 9.17) is 4.74 Å². The Balaban J connectivity index is 2.41. The van der Waals surface area contributed by atoms with E-state index in [0.29, 0.717) is 12.5 Å². The van der Waals surface area contributed by atoms with Crippen LogP contribution in [0.15, 0.2) is 6.20 Å². The van der Waals surface area contributed by atoms with Crippen molar-refractivity contribution in [1.29, 1.82) is 0 Å². The molecule has 0 bridgehead atoms. The largest absolute Gasteiger partial charge is 0.474 e. The molecular weight excluding hydrogens is 130 g/mol. The molecule has 0 atom stereocenters. The lowest BCUT2D eigenvalue weighted by Crippen LogP contribution is -2.18. The van der Waals surface area contributed by atoms with Crippen LogP contribution in [0.3, 0.4) is 0 Å². The third-order valence-electron chi connectivity index (χ3n) is 1.29. The summed E-state index contributed by atoms with van der Waals surface area (Å²) in [7, 11) is 0. The third-order valence-corrected chi connectivity index (χ3v) is 1.29. The average molecular weight is 136 g/mol. The molecule has 1 radical (unpaired) electrons. The molecule has 2 rings (SSSR count). The van der Waals surface area contributed by atoms with Crippen molar-refractivity contribution in [3.05, 3.63) is 12.5 Å². The Kier molecular flexibility index (Phi) is 1.16. The zero-order valence-electron chi connectivity index (χ0n) is 5.29. The SMILES string of the molecule is [c]1ncc2c(n1)OCCN2. The van der Waals surface area contributed by atoms with Crippen LogP contribution in [0.2, 0.25) is 0 Å². The Morgan fingerprint density at radius 3 is 3.60 bits per heavy atom. The normalized spacial score (nSPS) is 14.8. The highest BCUT2D eigenvalue weighted by Gasteiger charge is 2.08. The number of hydrogen-bond donors (Lipinski definition) is 1. The lowest BCUT2D eigenvalue weighted by Gasteiger charge is -2.15. The van der Waals surface area contributed by atoms with Gasteiger partial charge in [-0.2, -0.15) is 4.98 Å². The molecular formula is C6H6N3O. The Labute approximate surface area is 58.3 Å². The molecule has 0 amide bonds. The molecule has 1 aliphatic heterocycles. The highest BCUT2D eigenvalue weighted by atomic mass is 16.5. The van der Waals surface area contributed by atoms with Gasteiger partial charge >= 0.3 is 0 Å². The maximum atomic E-state index is 5.18. The summed E-state index contributed by atoms with van der Waals surface area (Å²) in [6.45, 7) is 1.48. The monoisotopic (exact) mass is 136 g/mol. The van der Waals surface area contributed by atoms with Crippen molar-refractivity contribution in [2.24, 2.45) is 0 Å². The molecule has 0 fully saturated rings. The van der Waals surface area contributed by atoms with Gasteiger partial charge in [0.2, 0.25) is 12.2 Å². The number of anilines is 1. The van der Waals surface area contributed by atoms with Crippen LogP contribution in [-0.4, -0.2) is 23.1 Å². The fraction of sp³-hybridized carbons (Fsp3) is 0.333. The fourth-order valence-corrected chi connectivity index (χ4v) is 0.848. The number of hydrogen-bond acceptors (Lipinski definition) is 4. The first-order valence-electron chi connectivity index (χ1n) is 3.06. The maximum Gasteiger partial charge on any atom is 0.241 e. The first-order chi connectivity index (χ1) is 4.97. The molecule has 0 spiro atoms. The summed E-state index contributed by atoms with van der Waals surface area (Å²) in [6.07, 6.45) is 4.11. The van der Waals surface area contributed by atoms with Gasteiger partial charge in [-0.25, -0.2) is 4.98 Å². The molecule has 1 aromatic rings. The molecule has 0 aromatic carbocycles. The predicted molar refractivity (Wildman–Crippen MR) is 34.9 cm³/mol. The predicted octanol–water partition coefficient (Wildman–Crippen LogP) is 0.0811. The first-order valence-corrected chi connectivity index (χ1v) is 3.06. The molecule has 0 aliphatic carbocycles. The van der Waals surface area contributed by atoms with Crippen LogP contribution in [0.25, 0.3) is 0 Å². The van der Waals surface area contributed by atoms with Crippen LogP contribution in [0.5, 0.6) is 5.88 Å². The standard InChI is InChI=1S/C6H6N3O/c1-2-10-6-5(8-1)3-7-4-9-6/h3,8H,1-2H2. The van der Waals surface area contributed by atoms with E-state index in [-0.39, 0.29) is 0 Å². The minimum absolute atomic E-state index is 0.598. The third kappa shape index (κ3) is 0.775.